The van der Waals surface area contributed by atoms with Gasteiger partial charge in [0, 0.05) is 5.56 Å². The number of hydrogen-bond acceptors (Lipinski definition) is 4. The molecule has 1 heterocycles. The van der Waals surface area contributed by atoms with Crippen molar-refractivity contribution in [3.63, 3.8) is 0 Å². The van der Waals surface area contributed by atoms with Crippen LogP contribution in [0.15, 0.2) is 47.8 Å². The molecule has 0 atom stereocenters. The smallest absolute Gasteiger partial charge is 0.334 e. The Morgan fingerprint density at radius 3 is 2.47 bits per heavy atom. The summed E-state index contributed by atoms with van der Waals surface area (Å²) in [5.74, 6) is -1.01. The Kier molecular flexibility index (Phi) is 3.52. The zero-order chi connectivity index (χ0) is 12.1. The van der Waals surface area contributed by atoms with E-state index in [-0.39, 0.29) is 0 Å². The molecule has 1 aromatic heterocycles. The van der Waals surface area contributed by atoms with Gasteiger partial charge in [-0.2, -0.15) is 5.48 Å². The second-order valence-corrected chi connectivity index (χ2v) is 4.11. The van der Waals surface area contributed by atoms with E-state index < -0.39 is 11.9 Å². The largest absolute Gasteiger partial charge is 0.372 e. The fourth-order valence-corrected chi connectivity index (χ4v) is 1.78. The molecule has 1 aromatic carbocycles. The van der Waals surface area contributed by atoms with Crippen molar-refractivity contribution in [1.82, 2.24) is 5.48 Å². The number of amides is 1. The van der Waals surface area contributed by atoms with Crippen LogP contribution in [0.2, 0.25) is 0 Å². The molecule has 0 unspecified atom stereocenters. The number of rotatable bonds is 2. The van der Waals surface area contributed by atoms with Gasteiger partial charge in [-0.05, 0) is 23.6 Å². The van der Waals surface area contributed by atoms with Gasteiger partial charge in [0.2, 0.25) is 0 Å². The summed E-state index contributed by atoms with van der Waals surface area (Å²) in [7, 11) is 0. The number of thiophene rings is 1. The van der Waals surface area contributed by atoms with Crippen LogP contribution in [-0.2, 0) is 4.84 Å². The van der Waals surface area contributed by atoms with Crippen LogP contribution >= 0.6 is 11.3 Å². The van der Waals surface area contributed by atoms with E-state index in [4.69, 9.17) is 0 Å². The Morgan fingerprint density at radius 1 is 1.06 bits per heavy atom. The van der Waals surface area contributed by atoms with E-state index >= 15 is 0 Å². The van der Waals surface area contributed by atoms with Crippen LogP contribution in [0.25, 0.3) is 0 Å². The van der Waals surface area contributed by atoms with Gasteiger partial charge in [0.15, 0.2) is 0 Å². The Bertz CT molecular complexity index is 508. The molecule has 1 N–H and O–H groups in total. The summed E-state index contributed by atoms with van der Waals surface area (Å²) < 4.78 is 0. The first-order valence-corrected chi connectivity index (χ1v) is 5.75. The van der Waals surface area contributed by atoms with E-state index in [1.165, 1.54) is 11.3 Å². The first-order valence-electron chi connectivity index (χ1n) is 4.87. The third kappa shape index (κ3) is 2.92. The lowest BCUT2D eigenvalue weighted by atomic mass is 10.2. The fourth-order valence-electron chi connectivity index (χ4n) is 1.19. The van der Waals surface area contributed by atoms with Crippen LogP contribution in [0.3, 0.4) is 0 Å². The van der Waals surface area contributed by atoms with Crippen LogP contribution in [0.4, 0.5) is 0 Å². The van der Waals surface area contributed by atoms with Gasteiger partial charge in [0.05, 0.1) is 0 Å². The number of benzene rings is 1. The molecule has 5 heteroatoms. The van der Waals surface area contributed by atoms with E-state index in [1.54, 1.807) is 47.8 Å². The summed E-state index contributed by atoms with van der Waals surface area (Å²) >= 11 is 1.25. The van der Waals surface area contributed by atoms with Crippen LogP contribution in [-0.4, -0.2) is 11.9 Å². The molecule has 0 aliphatic carbocycles. The van der Waals surface area contributed by atoms with E-state index in [0.29, 0.717) is 10.4 Å². The molecular weight excluding hydrogens is 238 g/mol. The molecule has 0 aliphatic rings. The molecule has 0 saturated heterocycles. The molecule has 0 spiro atoms. The van der Waals surface area contributed by atoms with Gasteiger partial charge in [-0.25, -0.2) is 4.79 Å². The molecule has 0 saturated carbocycles. The third-order valence-corrected chi connectivity index (χ3v) is 2.84. The molecule has 0 fully saturated rings. The molecule has 0 aliphatic heterocycles. The molecular formula is C12H9NO3S. The number of carbonyl (C=O) groups is 2. The predicted molar refractivity (Wildman–Crippen MR) is 63.6 cm³/mol. The van der Waals surface area contributed by atoms with Gasteiger partial charge in [-0.3, -0.25) is 4.79 Å². The quantitative estimate of drug-likeness (QED) is 0.828. The highest BCUT2D eigenvalue weighted by molar-refractivity contribution is 7.11. The van der Waals surface area contributed by atoms with E-state index in [1.807, 2.05) is 0 Å². The third-order valence-electron chi connectivity index (χ3n) is 1.99. The summed E-state index contributed by atoms with van der Waals surface area (Å²) in [4.78, 5) is 28.1. The minimum absolute atomic E-state index is 0.437. The number of nitrogens with one attached hydrogen (secondary N) is 1. The van der Waals surface area contributed by atoms with Crippen molar-refractivity contribution in [2.24, 2.45) is 0 Å². The van der Waals surface area contributed by atoms with E-state index in [9.17, 15) is 9.59 Å². The normalized spacial score (nSPS) is 9.65. The number of hydroxylamine groups is 1. The number of carbonyl (C=O) groups excluding carboxylic acids is 2. The Balaban J connectivity index is 1.91. The summed E-state index contributed by atoms with van der Waals surface area (Å²) in [6.45, 7) is 0. The second-order valence-electron chi connectivity index (χ2n) is 3.16. The van der Waals surface area contributed by atoms with Gasteiger partial charge >= 0.3 is 5.97 Å². The molecule has 0 bridgehead atoms. The molecule has 4 nitrogen and oxygen atoms in total. The van der Waals surface area contributed by atoms with Gasteiger partial charge in [0.25, 0.3) is 5.91 Å². The minimum Gasteiger partial charge on any atom is -0.334 e. The topological polar surface area (TPSA) is 55.4 Å². The maximum atomic E-state index is 11.5. The molecule has 17 heavy (non-hydrogen) atoms. The van der Waals surface area contributed by atoms with Crippen molar-refractivity contribution < 1.29 is 14.4 Å². The summed E-state index contributed by atoms with van der Waals surface area (Å²) in [5.41, 5.74) is 2.54. The highest BCUT2D eigenvalue weighted by Gasteiger charge is 2.11. The monoisotopic (exact) mass is 247 g/mol. The van der Waals surface area contributed by atoms with Crippen LogP contribution in [0.1, 0.15) is 20.0 Å². The standard InChI is InChI=1S/C12H9NO3S/c14-11(9-5-2-1-3-6-9)13-16-12(15)10-7-4-8-17-10/h1-8H,(H,13,14). The predicted octanol–water partition coefficient (Wildman–Crippen LogP) is 2.25. The Hall–Kier alpha value is -2.14. The lowest BCUT2D eigenvalue weighted by molar-refractivity contribution is 0.0235. The first kappa shape index (κ1) is 11.3. The molecule has 0 radical (unpaired) electrons. The first-order chi connectivity index (χ1) is 8.27. The van der Waals surface area contributed by atoms with Crippen molar-refractivity contribution >= 4 is 23.2 Å². The fraction of sp³-hybridized carbons (Fsp3) is 0. The molecule has 1 amide bonds. The SMILES string of the molecule is O=C(NOC(=O)c1cccs1)c1ccccc1. The maximum absolute atomic E-state index is 11.5. The van der Waals surface area contributed by atoms with Gasteiger partial charge in [0.1, 0.15) is 4.88 Å². The second kappa shape index (κ2) is 5.27. The number of hydrogen-bond donors (Lipinski definition) is 1. The van der Waals surface area contributed by atoms with Crippen LogP contribution in [0, 0.1) is 0 Å². The average Bonchev–Trinajstić information content (AvgIpc) is 2.90. The zero-order valence-corrected chi connectivity index (χ0v) is 9.57. The van der Waals surface area contributed by atoms with Gasteiger partial charge in [-0.15, -0.1) is 11.3 Å². The lowest BCUT2D eigenvalue weighted by Gasteiger charge is -2.03. The summed E-state index contributed by atoms with van der Waals surface area (Å²) in [5, 5.41) is 1.76. The van der Waals surface area contributed by atoms with Crippen molar-refractivity contribution in [3.8, 4) is 0 Å². The van der Waals surface area contributed by atoms with Crippen LogP contribution < -0.4 is 5.48 Å². The zero-order valence-electron chi connectivity index (χ0n) is 8.75. The molecule has 2 aromatic rings. The van der Waals surface area contributed by atoms with E-state index in [0.717, 1.165) is 0 Å². The van der Waals surface area contributed by atoms with Crippen molar-refractivity contribution in [2.45, 2.75) is 0 Å². The summed E-state index contributed by atoms with van der Waals surface area (Å²) in [6.07, 6.45) is 0. The van der Waals surface area contributed by atoms with E-state index in [2.05, 4.69) is 10.3 Å². The van der Waals surface area contributed by atoms with Gasteiger partial charge in [-0.1, -0.05) is 24.3 Å². The average molecular weight is 247 g/mol. The summed E-state index contributed by atoms with van der Waals surface area (Å²) in [6, 6.07) is 11.9. The molecule has 2 rings (SSSR count). The van der Waals surface area contributed by atoms with Crippen molar-refractivity contribution in [2.75, 3.05) is 0 Å². The highest BCUT2D eigenvalue weighted by Crippen LogP contribution is 2.09. The van der Waals surface area contributed by atoms with Crippen molar-refractivity contribution in [3.05, 3.63) is 58.3 Å². The van der Waals surface area contributed by atoms with Crippen molar-refractivity contribution in [1.29, 1.82) is 0 Å². The Morgan fingerprint density at radius 2 is 1.82 bits per heavy atom. The minimum atomic E-state index is -0.565. The Labute approximate surface area is 102 Å². The van der Waals surface area contributed by atoms with Gasteiger partial charge < -0.3 is 4.84 Å². The molecule has 86 valence electrons. The lowest BCUT2D eigenvalue weighted by Crippen LogP contribution is -2.26. The highest BCUT2D eigenvalue weighted by atomic mass is 32.1. The maximum Gasteiger partial charge on any atom is 0.372 e. The van der Waals surface area contributed by atoms with Crippen LogP contribution in [0.5, 0.6) is 0 Å².